The van der Waals surface area contributed by atoms with Crippen molar-refractivity contribution in [2.24, 2.45) is 5.41 Å². The highest BCUT2D eigenvalue weighted by molar-refractivity contribution is 5.77. The Hall–Kier alpha value is -3.32. The molecule has 2 aliphatic rings. The van der Waals surface area contributed by atoms with E-state index in [1.165, 1.54) is 5.56 Å². The van der Waals surface area contributed by atoms with Gasteiger partial charge in [-0.15, -0.1) is 0 Å². The van der Waals surface area contributed by atoms with Gasteiger partial charge in [-0.05, 0) is 66.3 Å². The minimum atomic E-state index is 0.0640. The summed E-state index contributed by atoms with van der Waals surface area (Å²) < 4.78 is 12.7. The van der Waals surface area contributed by atoms with Crippen molar-refractivity contribution in [2.75, 3.05) is 39.9 Å². The Labute approximate surface area is 194 Å². The van der Waals surface area contributed by atoms with Crippen molar-refractivity contribution in [2.45, 2.75) is 19.4 Å². The number of piperidine rings is 1. The SMILES string of the molecule is COc1ccc(OCC(=O)N2CCC3(CC2)CN(Cc2ccc(-n4cccn4)cc2)C3)cc1. The molecule has 1 spiro atoms. The normalized spacial score (nSPS) is 17.5. The van der Waals surface area contributed by atoms with Gasteiger partial charge in [-0.2, -0.15) is 5.10 Å². The fourth-order valence-electron chi connectivity index (χ4n) is 4.90. The van der Waals surface area contributed by atoms with Crippen LogP contribution in [0, 0.1) is 5.41 Å². The minimum absolute atomic E-state index is 0.0640. The molecule has 7 nitrogen and oxygen atoms in total. The lowest BCUT2D eigenvalue weighted by Gasteiger charge is -2.54. The highest BCUT2D eigenvalue weighted by atomic mass is 16.5. The van der Waals surface area contributed by atoms with Crippen LogP contribution in [0.1, 0.15) is 18.4 Å². The highest BCUT2D eigenvalue weighted by Crippen LogP contribution is 2.41. The maximum atomic E-state index is 12.6. The maximum absolute atomic E-state index is 12.6. The molecule has 0 bridgehead atoms. The Morgan fingerprint density at radius 3 is 2.33 bits per heavy atom. The Kier molecular flexibility index (Phi) is 6.05. The first-order valence-corrected chi connectivity index (χ1v) is 11.5. The number of hydrogen-bond acceptors (Lipinski definition) is 5. The van der Waals surface area contributed by atoms with Crippen LogP contribution >= 0.6 is 0 Å². The zero-order valence-corrected chi connectivity index (χ0v) is 19.0. The molecule has 2 aromatic carbocycles. The van der Waals surface area contributed by atoms with E-state index in [0.29, 0.717) is 11.2 Å². The molecular weight excluding hydrogens is 416 g/mol. The molecule has 7 heteroatoms. The van der Waals surface area contributed by atoms with E-state index < -0.39 is 0 Å². The van der Waals surface area contributed by atoms with Crippen LogP contribution in [-0.2, 0) is 11.3 Å². The summed E-state index contributed by atoms with van der Waals surface area (Å²) >= 11 is 0. The molecule has 0 atom stereocenters. The molecule has 1 aromatic heterocycles. The third kappa shape index (κ3) is 4.88. The van der Waals surface area contributed by atoms with Gasteiger partial charge in [0, 0.05) is 45.1 Å². The third-order valence-electron chi connectivity index (χ3n) is 6.83. The van der Waals surface area contributed by atoms with Crippen LogP contribution in [0.25, 0.3) is 5.69 Å². The molecule has 1 amide bonds. The van der Waals surface area contributed by atoms with E-state index in [4.69, 9.17) is 9.47 Å². The van der Waals surface area contributed by atoms with Crippen molar-refractivity contribution >= 4 is 5.91 Å². The van der Waals surface area contributed by atoms with Gasteiger partial charge in [0.05, 0.1) is 12.8 Å². The van der Waals surface area contributed by atoms with Crippen LogP contribution in [0.4, 0.5) is 0 Å². The molecule has 2 saturated heterocycles. The number of benzene rings is 2. The molecule has 5 rings (SSSR count). The van der Waals surface area contributed by atoms with Gasteiger partial charge < -0.3 is 14.4 Å². The lowest BCUT2D eigenvalue weighted by atomic mass is 9.72. The number of ether oxygens (including phenoxy) is 2. The Bertz CT molecular complexity index is 1050. The van der Waals surface area contributed by atoms with Crippen molar-refractivity contribution < 1.29 is 14.3 Å². The quantitative estimate of drug-likeness (QED) is 0.557. The highest BCUT2D eigenvalue weighted by Gasteiger charge is 2.45. The zero-order chi connectivity index (χ0) is 22.7. The molecule has 2 fully saturated rings. The number of nitrogens with zero attached hydrogens (tertiary/aromatic N) is 4. The van der Waals surface area contributed by atoms with Crippen LogP contribution in [0.5, 0.6) is 11.5 Å². The summed E-state index contributed by atoms with van der Waals surface area (Å²) in [7, 11) is 1.63. The first-order valence-electron chi connectivity index (χ1n) is 11.5. The van der Waals surface area contributed by atoms with Gasteiger partial charge >= 0.3 is 0 Å². The van der Waals surface area contributed by atoms with E-state index in [9.17, 15) is 4.79 Å². The van der Waals surface area contributed by atoms with Crippen molar-refractivity contribution in [1.29, 1.82) is 0 Å². The largest absolute Gasteiger partial charge is 0.497 e. The van der Waals surface area contributed by atoms with E-state index in [2.05, 4.69) is 34.3 Å². The number of hydrogen-bond donors (Lipinski definition) is 0. The second kappa shape index (κ2) is 9.27. The van der Waals surface area contributed by atoms with Gasteiger partial charge in [-0.1, -0.05) is 12.1 Å². The molecule has 0 N–H and O–H groups in total. The molecule has 3 aromatic rings. The second-order valence-electron chi connectivity index (χ2n) is 9.11. The average Bonchev–Trinajstić information content (AvgIpc) is 3.38. The summed E-state index contributed by atoms with van der Waals surface area (Å²) in [5.74, 6) is 1.52. The number of carbonyl (C=O) groups is 1. The summed E-state index contributed by atoms with van der Waals surface area (Å²) in [6.45, 7) is 4.91. The van der Waals surface area contributed by atoms with Crippen molar-refractivity contribution in [3.63, 3.8) is 0 Å². The fourth-order valence-corrected chi connectivity index (χ4v) is 4.90. The van der Waals surface area contributed by atoms with E-state index in [1.807, 2.05) is 46.1 Å². The van der Waals surface area contributed by atoms with Gasteiger partial charge in [-0.3, -0.25) is 9.69 Å². The summed E-state index contributed by atoms with van der Waals surface area (Å²) in [6, 6.07) is 17.9. The summed E-state index contributed by atoms with van der Waals surface area (Å²) in [5.41, 5.74) is 2.77. The summed E-state index contributed by atoms with van der Waals surface area (Å²) in [5, 5.41) is 4.28. The molecule has 0 aliphatic carbocycles. The van der Waals surface area contributed by atoms with E-state index in [-0.39, 0.29) is 12.5 Å². The predicted octanol–water partition coefficient (Wildman–Crippen LogP) is 3.38. The molecular formula is C26H30N4O3. The topological polar surface area (TPSA) is 59.8 Å². The molecule has 0 radical (unpaired) electrons. The van der Waals surface area contributed by atoms with Gasteiger partial charge in [0.25, 0.3) is 5.91 Å². The molecule has 2 aliphatic heterocycles. The van der Waals surface area contributed by atoms with Gasteiger partial charge in [0.15, 0.2) is 6.61 Å². The molecule has 3 heterocycles. The van der Waals surface area contributed by atoms with Crippen LogP contribution in [-0.4, -0.2) is 65.4 Å². The summed E-state index contributed by atoms with van der Waals surface area (Å²) in [6.07, 6.45) is 5.88. The Morgan fingerprint density at radius 1 is 1.00 bits per heavy atom. The second-order valence-corrected chi connectivity index (χ2v) is 9.11. The fraction of sp³-hybridized carbons (Fsp3) is 0.385. The predicted molar refractivity (Wildman–Crippen MR) is 126 cm³/mol. The first kappa shape index (κ1) is 21.5. The molecule has 0 saturated carbocycles. The number of rotatable bonds is 7. The number of methoxy groups -OCH3 is 1. The monoisotopic (exact) mass is 446 g/mol. The van der Waals surface area contributed by atoms with Crippen LogP contribution in [0.3, 0.4) is 0 Å². The van der Waals surface area contributed by atoms with Gasteiger partial charge in [-0.25, -0.2) is 4.68 Å². The van der Waals surface area contributed by atoms with E-state index >= 15 is 0 Å². The van der Waals surface area contributed by atoms with Crippen LogP contribution < -0.4 is 9.47 Å². The van der Waals surface area contributed by atoms with Crippen molar-refractivity contribution in [3.05, 3.63) is 72.6 Å². The smallest absolute Gasteiger partial charge is 0.260 e. The number of carbonyl (C=O) groups excluding carboxylic acids is 1. The lowest BCUT2D eigenvalue weighted by molar-refractivity contribution is -0.138. The Balaban J connectivity index is 1.05. The van der Waals surface area contributed by atoms with Gasteiger partial charge in [0.2, 0.25) is 0 Å². The molecule has 172 valence electrons. The van der Waals surface area contributed by atoms with Gasteiger partial charge in [0.1, 0.15) is 11.5 Å². The minimum Gasteiger partial charge on any atom is -0.497 e. The van der Waals surface area contributed by atoms with Crippen molar-refractivity contribution in [1.82, 2.24) is 19.6 Å². The van der Waals surface area contributed by atoms with Crippen molar-refractivity contribution in [3.8, 4) is 17.2 Å². The molecule has 33 heavy (non-hydrogen) atoms. The molecule has 0 unspecified atom stereocenters. The zero-order valence-electron chi connectivity index (χ0n) is 19.0. The third-order valence-corrected chi connectivity index (χ3v) is 6.83. The van der Waals surface area contributed by atoms with Crippen LogP contribution in [0.15, 0.2) is 67.0 Å². The van der Waals surface area contributed by atoms with E-state index in [0.717, 1.165) is 57.0 Å². The maximum Gasteiger partial charge on any atom is 0.260 e. The average molecular weight is 447 g/mol. The number of aromatic nitrogens is 2. The number of likely N-dealkylation sites (tertiary alicyclic amines) is 2. The lowest BCUT2D eigenvalue weighted by Crippen LogP contribution is -2.60. The van der Waals surface area contributed by atoms with Crippen LogP contribution in [0.2, 0.25) is 0 Å². The summed E-state index contributed by atoms with van der Waals surface area (Å²) in [4.78, 5) is 17.0. The Morgan fingerprint density at radius 2 is 1.70 bits per heavy atom. The standard InChI is InChI=1S/C26H30N4O3/c1-32-23-7-9-24(10-8-23)33-18-25(31)29-15-11-26(12-16-29)19-28(20-26)17-21-3-5-22(6-4-21)30-14-2-13-27-30/h2-10,13-14H,11-12,15-20H2,1H3. The van der Waals surface area contributed by atoms with E-state index in [1.54, 1.807) is 13.3 Å². The first-order chi connectivity index (χ1) is 16.1. The number of amides is 1.